The van der Waals surface area contributed by atoms with E-state index < -0.39 is 23.8 Å². The number of terminal acetylenes is 1. The maximum absolute atomic E-state index is 14.0. The van der Waals surface area contributed by atoms with Crippen LogP contribution < -0.4 is 10.6 Å². The van der Waals surface area contributed by atoms with E-state index in [0.717, 1.165) is 19.3 Å². The molecule has 0 saturated heterocycles. The highest BCUT2D eigenvalue weighted by Crippen LogP contribution is 2.27. The third kappa shape index (κ3) is 10.3. The molecule has 36 heavy (non-hydrogen) atoms. The highest BCUT2D eigenvalue weighted by Gasteiger charge is 2.36. The van der Waals surface area contributed by atoms with Crippen molar-refractivity contribution in [1.29, 1.82) is 0 Å². The molecule has 0 aliphatic heterocycles. The zero-order chi connectivity index (χ0) is 27.3. The molecule has 7 heteroatoms. The summed E-state index contributed by atoms with van der Waals surface area (Å²) in [6, 6.07) is 5.42. The van der Waals surface area contributed by atoms with Gasteiger partial charge in [0.25, 0.3) is 0 Å². The van der Waals surface area contributed by atoms with Crippen molar-refractivity contribution in [3.05, 3.63) is 35.4 Å². The highest BCUT2D eigenvalue weighted by molar-refractivity contribution is 5.92. The summed E-state index contributed by atoms with van der Waals surface area (Å²) in [4.78, 5) is 41.7. The van der Waals surface area contributed by atoms with Gasteiger partial charge >= 0.3 is 6.09 Å². The fourth-order valence-electron chi connectivity index (χ4n) is 3.95. The van der Waals surface area contributed by atoms with Crippen LogP contribution in [0.2, 0.25) is 0 Å². The van der Waals surface area contributed by atoms with Gasteiger partial charge in [0, 0.05) is 18.7 Å². The zero-order valence-electron chi connectivity index (χ0n) is 23.1. The molecule has 2 N–H and O–H groups in total. The SMILES string of the molecule is C#Cc1ccccc1C(C(=O)NCCCCC)N(CCC)C(=O)C(CC(C)C)NC(=O)OC(C)(C)C. The van der Waals surface area contributed by atoms with E-state index in [1.165, 1.54) is 0 Å². The molecule has 0 saturated carbocycles. The van der Waals surface area contributed by atoms with Crippen LogP contribution in [0.15, 0.2) is 24.3 Å². The van der Waals surface area contributed by atoms with Crippen LogP contribution in [0.1, 0.15) is 97.7 Å². The number of hydrogen-bond donors (Lipinski definition) is 2. The summed E-state index contributed by atoms with van der Waals surface area (Å²) in [6.07, 6.45) is 9.02. The van der Waals surface area contributed by atoms with Crippen LogP contribution in [-0.4, -0.2) is 47.5 Å². The zero-order valence-corrected chi connectivity index (χ0v) is 23.1. The summed E-state index contributed by atoms with van der Waals surface area (Å²) in [5.74, 6) is 2.16. The predicted molar refractivity (Wildman–Crippen MR) is 144 cm³/mol. The Balaban J connectivity index is 3.44. The molecular formula is C29H45N3O4. The fraction of sp³-hybridized carbons (Fsp3) is 0.621. The quantitative estimate of drug-likeness (QED) is 0.289. The molecule has 200 valence electrons. The van der Waals surface area contributed by atoms with Gasteiger partial charge in [0.05, 0.1) is 0 Å². The molecule has 1 aromatic rings. The summed E-state index contributed by atoms with van der Waals surface area (Å²) in [5.41, 5.74) is 0.446. The normalized spacial score (nSPS) is 12.9. The number of nitrogens with one attached hydrogen (secondary N) is 2. The summed E-state index contributed by atoms with van der Waals surface area (Å²) < 4.78 is 5.42. The number of unbranched alkanes of at least 4 members (excludes halogenated alkanes) is 2. The molecule has 1 aromatic carbocycles. The number of nitrogens with zero attached hydrogens (tertiary/aromatic N) is 1. The lowest BCUT2D eigenvalue weighted by molar-refractivity contribution is -0.142. The second-order valence-corrected chi connectivity index (χ2v) is 10.5. The molecule has 7 nitrogen and oxygen atoms in total. The Labute approximate surface area is 217 Å². The molecule has 0 aromatic heterocycles. The van der Waals surface area contributed by atoms with E-state index in [4.69, 9.17) is 11.2 Å². The lowest BCUT2D eigenvalue weighted by atomic mass is 9.96. The largest absolute Gasteiger partial charge is 0.444 e. The molecule has 0 aliphatic rings. The molecule has 0 radical (unpaired) electrons. The Morgan fingerprint density at radius 3 is 2.31 bits per heavy atom. The number of carbonyl (C=O) groups is 3. The molecule has 2 atom stereocenters. The van der Waals surface area contributed by atoms with Gasteiger partial charge in [0.15, 0.2) is 0 Å². The summed E-state index contributed by atoms with van der Waals surface area (Å²) in [6.45, 7) is 14.2. The van der Waals surface area contributed by atoms with E-state index in [1.54, 1.807) is 37.8 Å². The van der Waals surface area contributed by atoms with Gasteiger partial charge in [-0.25, -0.2) is 4.79 Å². The van der Waals surface area contributed by atoms with Gasteiger partial charge in [0.1, 0.15) is 17.7 Å². The topological polar surface area (TPSA) is 87.7 Å². The Kier molecular flexibility index (Phi) is 13.1. The van der Waals surface area contributed by atoms with E-state index in [1.807, 2.05) is 32.9 Å². The lowest BCUT2D eigenvalue weighted by Gasteiger charge is -2.35. The number of rotatable bonds is 13. The first-order valence-corrected chi connectivity index (χ1v) is 13.1. The van der Waals surface area contributed by atoms with Crippen molar-refractivity contribution >= 4 is 17.9 Å². The molecule has 0 bridgehead atoms. The standard InChI is InChI=1S/C29H45N3O4/c1-9-12-15-18-30-26(33)25(23-17-14-13-16-22(23)11-3)32(19-10-2)27(34)24(20-21(4)5)31-28(35)36-29(6,7)8/h3,13-14,16-17,21,24-25H,9-10,12,15,18-20H2,1-2,4-8H3,(H,30,33)(H,31,35). The van der Waals surface area contributed by atoms with Crippen LogP contribution in [-0.2, 0) is 14.3 Å². The van der Waals surface area contributed by atoms with Crippen molar-refractivity contribution < 1.29 is 19.1 Å². The van der Waals surface area contributed by atoms with E-state index in [9.17, 15) is 14.4 Å². The number of ether oxygens (including phenoxy) is 1. The molecule has 0 aliphatic carbocycles. The average molecular weight is 500 g/mol. The molecule has 0 spiro atoms. The van der Waals surface area contributed by atoms with Crippen molar-refractivity contribution in [1.82, 2.24) is 15.5 Å². The van der Waals surface area contributed by atoms with Crippen molar-refractivity contribution in [3.8, 4) is 12.3 Å². The van der Waals surface area contributed by atoms with Gasteiger partial charge in [-0.15, -0.1) is 6.42 Å². The van der Waals surface area contributed by atoms with Gasteiger partial charge in [-0.2, -0.15) is 0 Å². The lowest BCUT2D eigenvalue weighted by Crippen LogP contribution is -2.53. The van der Waals surface area contributed by atoms with Crippen LogP contribution in [0.5, 0.6) is 0 Å². The Morgan fingerprint density at radius 2 is 1.75 bits per heavy atom. The number of carbonyl (C=O) groups excluding carboxylic acids is 3. The fourth-order valence-corrected chi connectivity index (χ4v) is 3.95. The second kappa shape index (κ2) is 15.2. The van der Waals surface area contributed by atoms with Gasteiger partial charge < -0.3 is 20.3 Å². The second-order valence-electron chi connectivity index (χ2n) is 10.5. The molecule has 2 unspecified atom stereocenters. The van der Waals surface area contributed by atoms with Crippen molar-refractivity contribution in [2.75, 3.05) is 13.1 Å². The molecule has 0 fully saturated rings. The van der Waals surface area contributed by atoms with Gasteiger partial charge in [0.2, 0.25) is 11.8 Å². The van der Waals surface area contributed by atoms with Crippen molar-refractivity contribution in [2.24, 2.45) is 5.92 Å². The monoisotopic (exact) mass is 499 g/mol. The Bertz CT molecular complexity index is 899. The van der Waals surface area contributed by atoms with E-state index >= 15 is 0 Å². The van der Waals surface area contributed by atoms with Crippen LogP contribution in [0.4, 0.5) is 4.79 Å². The minimum atomic E-state index is -0.915. The molecule has 0 heterocycles. The smallest absolute Gasteiger partial charge is 0.408 e. The number of hydrogen-bond acceptors (Lipinski definition) is 4. The first kappa shape index (κ1) is 31.0. The van der Waals surface area contributed by atoms with Crippen LogP contribution in [0.25, 0.3) is 0 Å². The average Bonchev–Trinajstić information content (AvgIpc) is 2.79. The maximum Gasteiger partial charge on any atom is 0.408 e. The number of alkyl carbamates (subject to hydrolysis) is 1. The first-order valence-electron chi connectivity index (χ1n) is 13.1. The summed E-state index contributed by atoms with van der Waals surface area (Å²) >= 11 is 0. The van der Waals surface area contributed by atoms with E-state index in [2.05, 4.69) is 23.5 Å². The Morgan fingerprint density at radius 1 is 1.08 bits per heavy atom. The third-order valence-corrected chi connectivity index (χ3v) is 5.49. The molecule has 1 rings (SSSR count). The van der Waals surface area contributed by atoms with Crippen molar-refractivity contribution in [2.45, 2.75) is 98.3 Å². The minimum Gasteiger partial charge on any atom is -0.444 e. The summed E-state index contributed by atoms with van der Waals surface area (Å²) in [7, 11) is 0. The van der Waals surface area contributed by atoms with Crippen LogP contribution in [0.3, 0.4) is 0 Å². The Hall–Kier alpha value is -3.01. The maximum atomic E-state index is 14.0. The van der Waals surface area contributed by atoms with Crippen LogP contribution >= 0.6 is 0 Å². The third-order valence-electron chi connectivity index (χ3n) is 5.49. The van der Waals surface area contributed by atoms with Gasteiger partial charge in [-0.05, 0) is 57.6 Å². The number of benzene rings is 1. The van der Waals surface area contributed by atoms with Gasteiger partial charge in [-0.1, -0.05) is 64.7 Å². The highest BCUT2D eigenvalue weighted by atomic mass is 16.6. The van der Waals surface area contributed by atoms with Crippen LogP contribution in [0, 0.1) is 18.3 Å². The molecule has 3 amide bonds. The molecular weight excluding hydrogens is 454 g/mol. The van der Waals surface area contributed by atoms with E-state index in [0.29, 0.717) is 37.1 Å². The van der Waals surface area contributed by atoms with E-state index in [-0.39, 0.29) is 17.7 Å². The predicted octanol–water partition coefficient (Wildman–Crippen LogP) is 5.19. The minimum absolute atomic E-state index is 0.122. The van der Waals surface area contributed by atoms with Gasteiger partial charge in [-0.3, -0.25) is 9.59 Å². The first-order chi connectivity index (χ1) is 16.9. The number of amides is 3. The summed E-state index contributed by atoms with van der Waals surface area (Å²) in [5, 5.41) is 5.75. The van der Waals surface area contributed by atoms with Crippen molar-refractivity contribution in [3.63, 3.8) is 0 Å².